The fourth-order valence-corrected chi connectivity index (χ4v) is 1.52. The SMILES string of the molecule is CCCCOCCOCc1ccc([N+](=O)[O-])c(N)c1. The molecule has 1 aromatic carbocycles. The Balaban J connectivity index is 2.26. The lowest BCUT2D eigenvalue weighted by Crippen LogP contribution is -2.05. The molecule has 1 aromatic rings. The third-order valence-corrected chi connectivity index (χ3v) is 2.57. The van der Waals surface area contributed by atoms with E-state index in [1.54, 1.807) is 12.1 Å². The first kappa shape index (κ1) is 15.4. The second-order valence-electron chi connectivity index (χ2n) is 4.17. The van der Waals surface area contributed by atoms with E-state index in [2.05, 4.69) is 6.92 Å². The number of ether oxygens (including phenoxy) is 2. The summed E-state index contributed by atoms with van der Waals surface area (Å²) in [6.07, 6.45) is 2.17. The van der Waals surface area contributed by atoms with Crippen molar-refractivity contribution < 1.29 is 14.4 Å². The highest BCUT2D eigenvalue weighted by atomic mass is 16.6. The van der Waals surface area contributed by atoms with Gasteiger partial charge in [0.25, 0.3) is 5.69 Å². The Hall–Kier alpha value is -1.66. The van der Waals surface area contributed by atoms with Crippen LogP contribution in [0, 0.1) is 10.1 Å². The Morgan fingerprint density at radius 2 is 2.00 bits per heavy atom. The molecule has 106 valence electrons. The molecule has 0 heterocycles. The lowest BCUT2D eigenvalue weighted by atomic mass is 10.2. The maximum atomic E-state index is 10.6. The summed E-state index contributed by atoms with van der Waals surface area (Å²) in [6.45, 7) is 4.30. The highest BCUT2D eigenvalue weighted by Gasteiger charge is 2.10. The van der Waals surface area contributed by atoms with E-state index < -0.39 is 4.92 Å². The summed E-state index contributed by atoms with van der Waals surface area (Å²) in [5.41, 5.74) is 6.48. The van der Waals surface area contributed by atoms with Crippen molar-refractivity contribution in [3.63, 3.8) is 0 Å². The summed E-state index contributed by atoms with van der Waals surface area (Å²) in [5.74, 6) is 0. The summed E-state index contributed by atoms with van der Waals surface area (Å²) >= 11 is 0. The monoisotopic (exact) mass is 268 g/mol. The van der Waals surface area contributed by atoms with Crippen LogP contribution >= 0.6 is 0 Å². The highest BCUT2D eigenvalue weighted by Crippen LogP contribution is 2.22. The van der Waals surface area contributed by atoms with Crippen molar-refractivity contribution in [1.29, 1.82) is 0 Å². The fourth-order valence-electron chi connectivity index (χ4n) is 1.52. The number of benzene rings is 1. The van der Waals surface area contributed by atoms with Crippen molar-refractivity contribution in [3.8, 4) is 0 Å². The van der Waals surface area contributed by atoms with Crippen molar-refractivity contribution >= 4 is 11.4 Å². The van der Waals surface area contributed by atoms with Crippen LogP contribution in [0.25, 0.3) is 0 Å². The number of nitrogens with zero attached hydrogens (tertiary/aromatic N) is 1. The maximum absolute atomic E-state index is 10.6. The molecule has 0 radical (unpaired) electrons. The molecule has 0 atom stereocenters. The second-order valence-corrected chi connectivity index (χ2v) is 4.17. The van der Waals surface area contributed by atoms with E-state index in [4.69, 9.17) is 15.2 Å². The van der Waals surface area contributed by atoms with E-state index >= 15 is 0 Å². The largest absolute Gasteiger partial charge is 0.393 e. The predicted octanol–water partition coefficient (Wildman–Crippen LogP) is 2.51. The molecule has 1 rings (SSSR count). The minimum Gasteiger partial charge on any atom is -0.393 e. The van der Waals surface area contributed by atoms with Gasteiger partial charge in [0.1, 0.15) is 5.69 Å². The second kappa shape index (κ2) is 8.44. The van der Waals surface area contributed by atoms with Crippen LogP contribution in [0.4, 0.5) is 11.4 Å². The van der Waals surface area contributed by atoms with Crippen molar-refractivity contribution in [3.05, 3.63) is 33.9 Å². The summed E-state index contributed by atoms with van der Waals surface area (Å²) in [5, 5.41) is 10.6. The predicted molar refractivity (Wildman–Crippen MR) is 72.9 cm³/mol. The number of nitro benzene ring substituents is 1. The Morgan fingerprint density at radius 3 is 2.63 bits per heavy atom. The summed E-state index contributed by atoms with van der Waals surface area (Å²) in [4.78, 5) is 10.1. The molecule has 2 N–H and O–H groups in total. The normalized spacial score (nSPS) is 10.6. The number of hydrogen-bond acceptors (Lipinski definition) is 5. The van der Waals surface area contributed by atoms with Crippen molar-refractivity contribution in [2.45, 2.75) is 26.4 Å². The molecule has 0 spiro atoms. The summed E-state index contributed by atoms with van der Waals surface area (Å²) < 4.78 is 10.8. The average Bonchev–Trinajstić information content (AvgIpc) is 2.37. The van der Waals surface area contributed by atoms with Crippen LogP contribution in [0.1, 0.15) is 25.3 Å². The first-order chi connectivity index (χ1) is 9.15. The molecule has 0 aliphatic carbocycles. The maximum Gasteiger partial charge on any atom is 0.292 e. The molecule has 0 aromatic heterocycles. The van der Waals surface area contributed by atoms with Crippen LogP contribution < -0.4 is 5.73 Å². The highest BCUT2D eigenvalue weighted by molar-refractivity contribution is 5.59. The standard InChI is InChI=1S/C13H20N2O4/c1-2-3-6-18-7-8-19-10-11-4-5-13(15(16)17)12(14)9-11/h4-5,9H,2-3,6-8,10,14H2,1H3. The Kier molecular flexibility index (Phi) is 6.84. The van der Waals surface area contributed by atoms with Crippen LogP contribution in [0.3, 0.4) is 0 Å². The number of hydrogen-bond donors (Lipinski definition) is 1. The van der Waals surface area contributed by atoms with Gasteiger partial charge in [0.05, 0.1) is 24.7 Å². The van der Waals surface area contributed by atoms with E-state index in [0.29, 0.717) is 19.8 Å². The minimum absolute atomic E-state index is 0.0772. The van der Waals surface area contributed by atoms with Gasteiger partial charge < -0.3 is 15.2 Å². The minimum atomic E-state index is -0.498. The summed E-state index contributed by atoms with van der Waals surface area (Å²) in [6, 6.07) is 4.61. The van der Waals surface area contributed by atoms with Crippen molar-refractivity contribution in [2.24, 2.45) is 0 Å². The van der Waals surface area contributed by atoms with Gasteiger partial charge in [-0.25, -0.2) is 0 Å². The van der Waals surface area contributed by atoms with E-state index in [1.165, 1.54) is 6.07 Å². The number of nitrogens with two attached hydrogens (primary N) is 1. The van der Waals surface area contributed by atoms with E-state index in [9.17, 15) is 10.1 Å². The lowest BCUT2D eigenvalue weighted by molar-refractivity contribution is -0.383. The zero-order chi connectivity index (χ0) is 14.1. The zero-order valence-corrected chi connectivity index (χ0v) is 11.1. The molecule has 0 saturated carbocycles. The van der Waals surface area contributed by atoms with Gasteiger partial charge in [-0.2, -0.15) is 0 Å². The van der Waals surface area contributed by atoms with Crippen LogP contribution in [0.5, 0.6) is 0 Å². The Bertz CT molecular complexity index is 410. The van der Waals surface area contributed by atoms with Gasteiger partial charge >= 0.3 is 0 Å². The molecule has 0 amide bonds. The molecule has 19 heavy (non-hydrogen) atoms. The molecule has 0 aliphatic rings. The quantitative estimate of drug-likeness (QED) is 0.322. The molecule has 6 nitrogen and oxygen atoms in total. The smallest absolute Gasteiger partial charge is 0.292 e. The van der Waals surface area contributed by atoms with Gasteiger partial charge in [0, 0.05) is 12.7 Å². The number of anilines is 1. The van der Waals surface area contributed by atoms with Crippen molar-refractivity contribution in [1.82, 2.24) is 0 Å². The van der Waals surface area contributed by atoms with Gasteiger partial charge in [-0.3, -0.25) is 10.1 Å². The van der Waals surface area contributed by atoms with Gasteiger partial charge in [-0.15, -0.1) is 0 Å². The Morgan fingerprint density at radius 1 is 1.26 bits per heavy atom. The molecule has 0 aliphatic heterocycles. The number of unbranched alkanes of at least 4 members (excludes halogenated alkanes) is 1. The first-order valence-corrected chi connectivity index (χ1v) is 6.33. The summed E-state index contributed by atoms with van der Waals surface area (Å²) in [7, 11) is 0. The first-order valence-electron chi connectivity index (χ1n) is 6.33. The van der Waals surface area contributed by atoms with Crippen molar-refractivity contribution in [2.75, 3.05) is 25.6 Å². The van der Waals surface area contributed by atoms with Crippen LogP contribution in [0.15, 0.2) is 18.2 Å². The molecule has 0 bridgehead atoms. The zero-order valence-electron chi connectivity index (χ0n) is 11.1. The van der Waals surface area contributed by atoms with E-state index in [0.717, 1.165) is 25.0 Å². The lowest BCUT2D eigenvalue weighted by Gasteiger charge is -2.06. The number of rotatable bonds is 9. The van der Waals surface area contributed by atoms with E-state index in [-0.39, 0.29) is 11.4 Å². The molecule has 0 fully saturated rings. The average molecular weight is 268 g/mol. The number of nitro groups is 1. The third-order valence-electron chi connectivity index (χ3n) is 2.57. The van der Waals surface area contributed by atoms with Crippen LogP contribution in [-0.2, 0) is 16.1 Å². The molecule has 0 unspecified atom stereocenters. The van der Waals surface area contributed by atoms with Gasteiger partial charge in [-0.1, -0.05) is 13.3 Å². The number of nitrogen functional groups attached to an aromatic ring is 1. The van der Waals surface area contributed by atoms with Crippen LogP contribution in [-0.4, -0.2) is 24.7 Å². The third kappa shape index (κ3) is 5.67. The fraction of sp³-hybridized carbons (Fsp3) is 0.538. The van der Waals surface area contributed by atoms with E-state index in [1.807, 2.05) is 0 Å². The Labute approximate surface area is 112 Å². The topological polar surface area (TPSA) is 87.6 Å². The molecular weight excluding hydrogens is 248 g/mol. The van der Waals surface area contributed by atoms with Gasteiger partial charge in [0.15, 0.2) is 0 Å². The van der Waals surface area contributed by atoms with Crippen LogP contribution in [0.2, 0.25) is 0 Å². The molecule has 0 saturated heterocycles. The van der Waals surface area contributed by atoms with Gasteiger partial charge in [-0.05, 0) is 24.1 Å². The molecule has 6 heteroatoms. The molecular formula is C13H20N2O4. The van der Waals surface area contributed by atoms with Gasteiger partial charge in [0.2, 0.25) is 0 Å².